The van der Waals surface area contributed by atoms with Crippen molar-refractivity contribution in [2.24, 2.45) is 11.1 Å². The molecule has 0 fully saturated rings. The molecule has 0 saturated heterocycles. The van der Waals surface area contributed by atoms with Crippen molar-refractivity contribution in [2.75, 3.05) is 7.05 Å². The van der Waals surface area contributed by atoms with Crippen molar-refractivity contribution in [3.8, 4) is 0 Å². The van der Waals surface area contributed by atoms with Gasteiger partial charge in [0.05, 0.1) is 0 Å². The topological polar surface area (TPSA) is 26.0 Å². The van der Waals surface area contributed by atoms with Crippen LogP contribution in [0, 0.1) is 5.41 Å². The third-order valence-electron chi connectivity index (χ3n) is 1.93. The number of hydrogen-bond acceptors (Lipinski definition) is 1. The summed E-state index contributed by atoms with van der Waals surface area (Å²) in [6, 6.07) is 0. The van der Waals surface area contributed by atoms with Gasteiger partial charge in [0, 0.05) is 1.43 Å². The van der Waals surface area contributed by atoms with E-state index in [9.17, 15) is 0 Å². The predicted molar refractivity (Wildman–Crippen MR) is 55.5 cm³/mol. The molecule has 0 rings (SSSR count). The van der Waals surface area contributed by atoms with Crippen LogP contribution in [0.5, 0.6) is 0 Å². The molecule has 0 aliphatic rings. The Hall–Kier alpha value is 0.390. The van der Waals surface area contributed by atoms with Gasteiger partial charge in [0.15, 0.2) is 0 Å². The normalized spacial score (nSPS) is 12.0. The Kier molecular flexibility index (Phi) is 5.60. The van der Waals surface area contributed by atoms with E-state index in [4.69, 9.17) is 0 Å². The summed E-state index contributed by atoms with van der Waals surface area (Å²) in [6.07, 6.45) is 0. The molecule has 0 aromatic carbocycles. The molecular weight excluding hydrogens is 141 g/mol. The van der Waals surface area contributed by atoms with Crippen molar-refractivity contribution in [1.29, 1.82) is 0 Å². The minimum atomic E-state index is 0. The van der Waals surface area contributed by atoms with Crippen LogP contribution in [0.1, 0.15) is 36.0 Å². The maximum Gasteiger partial charge on any atom is 0 e. The maximum atomic E-state index is 4.50. The third-order valence-corrected chi connectivity index (χ3v) is 2.80. The van der Waals surface area contributed by atoms with E-state index in [1.54, 1.807) is 0 Å². The van der Waals surface area contributed by atoms with E-state index in [1.807, 2.05) is 0 Å². The molecule has 66 valence electrons. The van der Waals surface area contributed by atoms with E-state index in [1.165, 1.54) is 7.05 Å². The molecule has 10 heavy (non-hydrogen) atoms. The van der Waals surface area contributed by atoms with Crippen LogP contribution in [0.2, 0.25) is 0 Å². The molecule has 0 spiro atoms. The molecule has 1 unspecified atom stereocenters. The SMILES string of the molecule is CC(C)(C)C(C)(C)P.CN.[HH]. The van der Waals surface area contributed by atoms with Gasteiger partial charge in [0.2, 0.25) is 0 Å². The second-order valence-corrected chi connectivity index (χ2v) is 5.42. The van der Waals surface area contributed by atoms with E-state index in [0.717, 1.165) is 0 Å². The van der Waals surface area contributed by atoms with Crippen LogP contribution >= 0.6 is 9.24 Å². The number of rotatable bonds is 0. The summed E-state index contributed by atoms with van der Waals surface area (Å²) in [5.41, 5.74) is 4.90. The first-order chi connectivity index (χ1) is 4.25. The van der Waals surface area contributed by atoms with Gasteiger partial charge in [-0.15, -0.1) is 9.24 Å². The molecule has 0 bridgehead atoms. The Balaban J connectivity index is -0.000000196. The van der Waals surface area contributed by atoms with Crippen LogP contribution in [-0.4, -0.2) is 12.2 Å². The molecule has 2 N–H and O–H groups in total. The Morgan fingerprint density at radius 1 is 1.00 bits per heavy atom. The summed E-state index contributed by atoms with van der Waals surface area (Å²) >= 11 is 0. The van der Waals surface area contributed by atoms with E-state index in [2.05, 4.69) is 49.6 Å². The lowest BCUT2D eigenvalue weighted by molar-refractivity contribution is 0.319. The van der Waals surface area contributed by atoms with E-state index >= 15 is 0 Å². The summed E-state index contributed by atoms with van der Waals surface area (Å²) in [5.74, 6) is 0. The van der Waals surface area contributed by atoms with Crippen molar-refractivity contribution in [3.63, 3.8) is 0 Å². The molecule has 0 aromatic rings. The zero-order valence-corrected chi connectivity index (χ0v) is 9.31. The largest absolute Gasteiger partial charge is 0.333 e. The molecule has 0 aromatic heterocycles. The van der Waals surface area contributed by atoms with Crippen molar-refractivity contribution >= 4 is 9.24 Å². The van der Waals surface area contributed by atoms with Crippen molar-refractivity contribution in [1.82, 2.24) is 0 Å². The summed E-state index contributed by atoms with van der Waals surface area (Å²) in [6.45, 7) is 11.2. The van der Waals surface area contributed by atoms with Crippen LogP contribution in [0.4, 0.5) is 0 Å². The van der Waals surface area contributed by atoms with Crippen LogP contribution < -0.4 is 5.73 Å². The minimum absolute atomic E-state index is 0. The molecule has 0 saturated carbocycles. The first-order valence-corrected chi connectivity index (χ1v) is 4.19. The van der Waals surface area contributed by atoms with E-state index < -0.39 is 0 Å². The van der Waals surface area contributed by atoms with Crippen LogP contribution in [0.25, 0.3) is 0 Å². The van der Waals surface area contributed by atoms with Gasteiger partial charge in [-0.2, -0.15) is 0 Å². The van der Waals surface area contributed by atoms with Crippen LogP contribution in [-0.2, 0) is 0 Å². The van der Waals surface area contributed by atoms with Crippen molar-refractivity contribution in [3.05, 3.63) is 0 Å². The first kappa shape index (κ1) is 13.0. The van der Waals surface area contributed by atoms with Gasteiger partial charge in [-0.05, 0) is 17.6 Å². The molecule has 2 heteroatoms. The molecule has 0 amide bonds. The van der Waals surface area contributed by atoms with Gasteiger partial charge in [0.25, 0.3) is 0 Å². The van der Waals surface area contributed by atoms with Gasteiger partial charge in [0.1, 0.15) is 0 Å². The highest BCUT2D eigenvalue weighted by atomic mass is 31.0. The lowest BCUT2D eigenvalue weighted by Gasteiger charge is -2.34. The van der Waals surface area contributed by atoms with Gasteiger partial charge >= 0.3 is 0 Å². The monoisotopic (exact) mass is 165 g/mol. The quantitative estimate of drug-likeness (QED) is 0.548. The highest BCUT2D eigenvalue weighted by molar-refractivity contribution is 7.18. The Labute approximate surface area is 69.5 Å². The van der Waals surface area contributed by atoms with Gasteiger partial charge in [-0.3, -0.25) is 0 Å². The molecule has 0 heterocycles. The Bertz CT molecular complexity index is 69.1. The highest BCUT2D eigenvalue weighted by Crippen LogP contribution is 2.36. The molecular formula is C8H24NP. The van der Waals surface area contributed by atoms with Crippen LogP contribution in [0.15, 0.2) is 0 Å². The zero-order valence-electron chi connectivity index (χ0n) is 8.15. The predicted octanol–water partition coefficient (Wildman–Crippen LogP) is 2.51. The fourth-order valence-corrected chi connectivity index (χ4v) is 0. The van der Waals surface area contributed by atoms with E-state index in [-0.39, 0.29) is 1.43 Å². The lowest BCUT2D eigenvalue weighted by atomic mass is 9.82. The molecule has 0 aliphatic heterocycles. The lowest BCUT2D eigenvalue weighted by Crippen LogP contribution is -2.29. The fourth-order valence-electron chi connectivity index (χ4n) is 0. The first-order valence-electron chi connectivity index (χ1n) is 3.62. The van der Waals surface area contributed by atoms with E-state index in [0.29, 0.717) is 10.6 Å². The summed E-state index contributed by atoms with van der Waals surface area (Å²) in [5, 5.41) is 0.354. The summed E-state index contributed by atoms with van der Waals surface area (Å²) in [7, 11) is 4.36. The second-order valence-electron chi connectivity index (χ2n) is 3.97. The van der Waals surface area contributed by atoms with Gasteiger partial charge in [-0.25, -0.2) is 0 Å². The minimum Gasteiger partial charge on any atom is -0.333 e. The molecule has 0 aliphatic carbocycles. The van der Waals surface area contributed by atoms with Gasteiger partial charge in [-0.1, -0.05) is 34.6 Å². The third kappa shape index (κ3) is 5.20. The van der Waals surface area contributed by atoms with Crippen molar-refractivity contribution < 1.29 is 1.43 Å². The summed E-state index contributed by atoms with van der Waals surface area (Å²) in [4.78, 5) is 0. The highest BCUT2D eigenvalue weighted by Gasteiger charge is 2.27. The van der Waals surface area contributed by atoms with Crippen molar-refractivity contribution in [2.45, 2.75) is 39.8 Å². The maximum absolute atomic E-state index is 4.50. The van der Waals surface area contributed by atoms with Gasteiger partial charge < -0.3 is 5.73 Å². The molecule has 1 atom stereocenters. The number of nitrogens with two attached hydrogens (primary N) is 1. The average molecular weight is 165 g/mol. The standard InChI is InChI=1S/C7H17P.CH5N.H2/c1-6(2,3)7(4,5)8;1-2;/h8H2,1-5H3;2H2,1H3;1H. The average Bonchev–Trinajstić information content (AvgIpc) is 1.66. The van der Waals surface area contributed by atoms with Crippen LogP contribution in [0.3, 0.4) is 0 Å². The fraction of sp³-hybridized carbons (Fsp3) is 1.00. The molecule has 0 radical (unpaired) electrons. The second kappa shape index (κ2) is 4.31. The zero-order chi connectivity index (χ0) is 9.00. The Morgan fingerprint density at radius 3 is 1.10 bits per heavy atom. The summed E-state index contributed by atoms with van der Waals surface area (Å²) < 4.78 is 0. The smallest absolute Gasteiger partial charge is 0 e. The molecule has 1 nitrogen and oxygen atoms in total. The number of hydrogen-bond donors (Lipinski definition) is 1. The Morgan fingerprint density at radius 2 is 1.10 bits per heavy atom.